The van der Waals surface area contributed by atoms with Gasteiger partial charge in [0.05, 0.1) is 6.54 Å². The highest BCUT2D eigenvalue weighted by Crippen LogP contribution is 2.17. The van der Waals surface area contributed by atoms with Crippen LogP contribution in [0, 0.1) is 0 Å². The molecule has 1 fully saturated rings. The van der Waals surface area contributed by atoms with Gasteiger partial charge in [0.1, 0.15) is 18.1 Å². The summed E-state index contributed by atoms with van der Waals surface area (Å²) in [5.41, 5.74) is 0. The Balaban J connectivity index is 1.79. The number of hydrogen-bond acceptors (Lipinski definition) is 4. The van der Waals surface area contributed by atoms with Gasteiger partial charge in [-0.05, 0) is 24.3 Å². The summed E-state index contributed by atoms with van der Waals surface area (Å²) in [5, 5.41) is 12.3. The molecule has 2 heterocycles. The summed E-state index contributed by atoms with van der Waals surface area (Å²) < 4.78 is 5.37. The molecule has 2 N–H and O–H groups in total. The van der Waals surface area contributed by atoms with Gasteiger partial charge in [0, 0.05) is 11.8 Å². The molecular formula is C10H15NO2S. The summed E-state index contributed by atoms with van der Waals surface area (Å²) >= 11 is 1.99. The first kappa shape index (κ1) is 10.1. The summed E-state index contributed by atoms with van der Waals surface area (Å²) in [6.45, 7) is 0.754. The molecule has 1 saturated heterocycles. The molecule has 3 nitrogen and oxygen atoms in total. The first-order valence-corrected chi connectivity index (χ1v) is 6.03. The zero-order valence-electron chi connectivity index (χ0n) is 8.03. The molecule has 0 amide bonds. The number of nitrogens with one attached hydrogen (secondary N) is 1. The molecule has 0 bridgehead atoms. The Morgan fingerprint density at radius 2 is 2.36 bits per heavy atom. The van der Waals surface area contributed by atoms with Gasteiger partial charge in [0.15, 0.2) is 0 Å². The summed E-state index contributed by atoms with van der Waals surface area (Å²) in [5.74, 6) is 4.01. The Morgan fingerprint density at radius 1 is 1.50 bits per heavy atom. The SMILES string of the molecule is OCc1ccc(CNC2CCSC2)o1. The van der Waals surface area contributed by atoms with Crippen molar-refractivity contribution >= 4 is 11.8 Å². The van der Waals surface area contributed by atoms with Crippen LogP contribution in [0.5, 0.6) is 0 Å². The average Bonchev–Trinajstić information content (AvgIpc) is 2.86. The van der Waals surface area contributed by atoms with E-state index in [1.807, 2.05) is 23.9 Å². The molecule has 0 radical (unpaired) electrons. The van der Waals surface area contributed by atoms with Gasteiger partial charge in [-0.1, -0.05) is 0 Å². The van der Waals surface area contributed by atoms with Crippen molar-refractivity contribution in [1.29, 1.82) is 0 Å². The van der Waals surface area contributed by atoms with Crippen molar-refractivity contribution < 1.29 is 9.52 Å². The lowest BCUT2D eigenvalue weighted by atomic mass is 10.2. The molecule has 1 aliphatic heterocycles. The van der Waals surface area contributed by atoms with E-state index in [1.165, 1.54) is 17.9 Å². The summed E-state index contributed by atoms with van der Waals surface area (Å²) in [4.78, 5) is 0. The molecule has 78 valence electrons. The predicted molar refractivity (Wildman–Crippen MR) is 57.2 cm³/mol. The Hall–Kier alpha value is -0.450. The third-order valence-electron chi connectivity index (χ3n) is 2.37. The first-order chi connectivity index (χ1) is 6.88. The quantitative estimate of drug-likeness (QED) is 0.793. The Kier molecular flexibility index (Phi) is 3.50. The monoisotopic (exact) mass is 213 g/mol. The van der Waals surface area contributed by atoms with Gasteiger partial charge >= 0.3 is 0 Å². The minimum Gasteiger partial charge on any atom is -0.462 e. The van der Waals surface area contributed by atoms with E-state index in [1.54, 1.807) is 0 Å². The van der Waals surface area contributed by atoms with Crippen LogP contribution in [0.25, 0.3) is 0 Å². The maximum Gasteiger partial charge on any atom is 0.129 e. The van der Waals surface area contributed by atoms with Crippen molar-refractivity contribution in [3.8, 4) is 0 Å². The van der Waals surface area contributed by atoms with Gasteiger partial charge in [-0.25, -0.2) is 0 Å². The van der Waals surface area contributed by atoms with Gasteiger partial charge in [-0.3, -0.25) is 0 Å². The van der Waals surface area contributed by atoms with Gasteiger partial charge in [0.25, 0.3) is 0 Å². The second-order valence-electron chi connectivity index (χ2n) is 3.47. The second kappa shape index (κ2) is 4.87. The van der Waals surface area contributed by atoms with Crippen molar-refractivity contribution in [2.24, 2.45) is 0 Å². The minimum atomic E-state index is -0.0146. The molecule has 1 atom stereocenters. The highest BCUT2D eigenvalue weighted by atomic mass is 32.2. The number of aliphatic hydroxyl groups excluding tert-OH is 1. The van der Waals surface area contributed by atoms with Gasteiger partial charge < -0.3 is 14.8 Å². The molecule has 4 heteroatoms. The van der Waals surface area contributed by atoms with Crippen LogP contribution in [0.4, 0.5) is 0 Å². The van der Waals surface area contributed by atoms with Crippen LogP contribution < -0.4 is 5.32 Å². The lowest BCUT2D eigenvalue weighted by Crippen LogP contribution is -2.27. The lowest BCUT2D eigenvalue weighted by molar-refractivity contribution is 0.242. The van der Waals surface area contributed by atoms with E-state index in [2.05, 4.69) is 5.32 Å². The van der Waals surface area contributed by atoms with Crippen LogP contribution in [0.15, 0.2) is 16.5 Å². The van der Waals surface area contributed by atoms with Crippen LogP contribution in [0.3, 0.4) is 0 Å². The van der Waals surface area contributed by atoms with E-state index in [9.17, 15) is 0 Å². The van der Waals surface area contributed by atoms with Crippen LogP contribution in [0.1, 0.15) is 17.9 Å². The van der Waals surface area contributed by atoms with Gasteiger partial charge in [-0.2, -0.15) is 11.8 Å². The van der Waals surface area contributed by atoms with Gasteiger partial charge in [-0.15, -0.1) is 0 Å². The van der Waals surface area contributed by atoms with Crippen LogP contribution in [0.2, 0.25) is 0 Å². The number of furan rings is 1. The summed E-state index contributed by atoms with van der Waals surface area (Å²) in [6.07, 6.45) is 1.25. The van der Waals surface area contributed by atoms with Crippen LogP contribution in [-0.2, 0) is 13.2 Å². The highest BCUT2D eigenvalue weighted by Gasteiger charge is 2.14. The Morgan fingerprint density at radius 3 is 3.00 bits per heavy atom. The fraction of sp³-hybridized carbons (Fsp3) is 0.600. The van der Waals surface area contributed by atoms with Crippen molar-refractivity contribution in [2.75, 3.05) is 11.5 Å². The number of rotatable bonds is 4. The maximum atomic E-state index is 8.81. The Labute approximate surface area is 87.9 Å². The molecule has 1 aliphatic rings. The normalized spacial score (nSPS) is 21.6. The molecule has 2 rings (SSSR count). The fourth-order valence-corrected chi connectivity index (χ4v) is 2.73. The lowest BCUT2D eigenvalue weighted by Gasteiger charge is -2.08. The smallest absolute Gasteiger partial charge is 0.129 e. The molecule has 1 aromatic heterocycles. The minimum absolute atomic E-state index is 0.0146. The number of thioether (sulfide) groups is 1. The van der Waals surface area contributed by atoms with Crippen molar-refractivity contribution in [1.82, 2.24) is 5.32 Å². The largest absolute Gasteiger partial charge is 0.462 e. The summed E-state index contributed by atoms with van der Waals surface area (Å²) in [7, 11) is 0. The number of aliphatic hydroxyl groups is 1. The zero-order valence-corrected chi connectivity index (χ0v) is 8.85. The molecule has 0 aromatic carbocycles. The van der Waals surface area contributed by atoms with Crippen LogP contribution in [-0.4, -0.2) is 22.7 Å². The van der Waals surface area contributed by atoms with Gasteiger partial charge in [0.2, 0.25) is 0 Å². The molecule has 0 aliphatic carbocycles. The molecule has 0 saturated carbocycles. The van der Waals surface area contributed by atoms with Crippen molar-refractivity contribution in [3.63, 3.8) is 0 Å². The van der Waals surface area contributed by atoms with E-state index in [4.69, 9.17) is 9.52 Å². The van der Waals surface area contributed by atoms with E-state index in [0.29, 0.717) is 11.8 Å². The predicted octanol–water partition coefficient (Wildman–Crippen LogP) is 1.37. The number of hydrogen-bond donors (Lipinski definition) is 2. The van der Waals surface area contributed by atoms with Crippen molar-refractivity contribution in [3.05, 3.63) is 23.7 Å². The van der Waals surface area contributed by atoms with E-state index < -0.39 is 0 Å². The Bertz CT molecular complexity index is 281. The summed E-state index contributed by atoms with van der Waals surface area (Å²) in [6, 6.07) is 4.36. The average molecular weight is 213 g/mol. The van der Waals surface area contributed by atoms with E-state index in [0.717, 1.165) is 12.3 Å². The third-order valence-corrected chi connectivity index (χ3v) is 3.53. The molecule has 1 unspecified atom stereocenters. The highest BCUT2D eigenvalue weighted by molar-refractivity contribution is 7.99. The van der Waals surface area contributed by atoms with E-state index in [-0.39, 0.29) is 6.61 Å². The van der Waals surface area contributed by atoms with Crippen molar-refractivity contribution in [2.45, 2.75) is 25.6 Å². The standard InChI is InChI=1S/C10H15NO2S/c12-6-10-2-1-9(13-10)5-11-8-3-4-14-7-8/h1-2,8,11-12H,3-7H2. The molecule has 14 heavy (non-hydrogen) atoms. The maximum absolute atomic E-state index is 8.81. The third kappa shape index (κ3) is 2.53. The zero-order chi connectivity index (χ0) is 9.80. The first-order valence-electron chi connectivity index (χ1n) is 4.88. The fourth-order valence-electron chi connectivity index (χ4n) is 1.54. The van der Waals surface area contributed by atoms with E-state index >= 15 is 0 Å². The topological polar surface area (TPSA) is 45.4 Å². The second-order valence-corrected chi connectivity index (χ2v) is 4.62. The molecule has 0 spiro atoms. The van der Waals surface area contributed by atoms with Crippen LogP contribution >= 0.6 is 11.8 Å². The molecule has 1 aromatic rings. The molecular weight excluding hydrogens is 198 g/mol.